The van der Waals surface area contributed by atoms with E-state index < -0.39 is 6.10 Å². The van der Waals surface area contributed by atoms with E-state index in [0.717, 1.165) is 37.0 Å². The van der Waals surface area contributed by atoms with Gasteiger partial charge in [-0.2, -0.15) is 0 Å². The maximum absolute atomic E-state index is 13.0. The molecule has 2 aliphatic rings. The number of nitrogens with one attached hydrogen (secondary N) is 2. The van der Waals surface area contributed by atoms with Crippen LogP contribution in [-0.2, 0) is 20.9 Å². The number of aliphatic hydroxyl groups is 1. The zero-order valence-electron chi connectivity index (χ0n) is 21.3. The molecule has 7 nitrogen and oxygen atoms in total. The first-order valence-corrected chi connectivity index (χ1v) is 12.6. The van der Waals surface area contributed by atoms with Gasteiger partial charge < -0.3 is 25.2 Å². The fourth-order valence-corrected chi connectivity index (χ4v) is 6.26. The van der Waals surface area contributed by atoms with Gasteiger partial charge in [0.25, 0.3) is 0 Å². The Morgan fingerprint density at radius 3 is 2.50 bits per heavy atom. The minimum absolute atomic E-state index is 0.00423. The van der Waals surface area contributed by atoms with Crippen LogP contribution in [0.25, 0.3) is 0 Å². The number of hydrogen-bond donors (Lipinski definition) is 3. The average molecular weight is 475 g/mol. The van der Waals surface area contributed by atoms with Crippen LogP contribution in [0.15, 0.2) is 24.3 Å². The Labute approximate surface area is 204 Å². The number of ether oxygens (including phenoxy) is 2. The highest BCUT2D eigenvalue weighted by Gasteiger charge is 2.53. The van der Waals surface area contributed by atoms with Crippen LogP contribution < -0.4 is 15.4 Å². The fraction of sp³-hybridized carbons (Fsp3) is 0.704. The smallest absolute Gasteiger partial charge is 0.223 e. The van der Waals surface area contributed by atoms with Crippen molar-refractivity contribution in [3.05, 3.63) is 29.8 Å². The fourth-order valence-electron chi connectivity index (χ4n) is 6.26. The lowest BCUT2D eigenvalue weighted by Crippen LogP contribution is -2.58. The predicted octanol–water partition coefficient (Wildman–Crippen LogP) is 3.29. The summed E-state index contributed by atoms with van der Waals surface area (Å²) in [4.78, 5) is 25.3. The summed E-state index contributed by atoms with van der Waals surface area (Å²) in [5.74, 6) is 0.543. The molecular weight excluding hydrogens is 432 g/mol. The van der Waals surface area contributed by atoms with Gasteiger partial charge in [0.15, 0.2) is 0 Å². The maximum Gasteiger partial charge on any atom is 0.223 e. The van der Waals surface area contributed by atoms with Gasteiger partial charge in [-0.25, -0.2) is 0 Å². The molecule has 0 aromatic heterocycles. The number of carbonyl (C=O) groups excluding carboxylic acids is 2. The van der Waals surface area contributed by atoms with E-state index in [4.69, 9.17) is 9.47 Å². The van der Waals surface area contributed by atoms with E-state index in [1.165, 1.54) is 0 Å². The van der Waals surface area contributed by atoms with Crippen molar-refractivity contribution in [2.45, 2.75) is 71.6 Å². The van der Waals surface area contributed by atoms with Crippen molar-refractivity contribution < 1.29 is 24.2 Å². The highest BCUT2D eigenvalue weighted by Crippen LogP contribution is 2.55. The zero-order valence-corrected chi connectivity index (χ0v) is 21.3. The van der Waals surface area contributed by atoms with Gasteiger partial charge in [0.1, 0.15) is 5.75 Å². The Bertz CT molecular complexity index is 829. The molecule has 3 rings (SSSR count). The van der Waals surface area contributed by atoms with E-state index in [9.17, 15) is 14.7 Å². The molecule has 0 spiro atoms. The van der Waals surface area contributed by atoms with Crippen molar-refractivity contribution >= 4 is 11.8 Å². The molecule has 3 N–H and O–H groups in total. The summed E-state index contributed by atoms with van der Waals surface area (Å²) in [6.45, 7) is 7.19. The molecule has 34 heavy (non-hydrogen) atoms. The first-order chi connectivity index (χ1) is 16.2. The third-order valence-electron chi connectivity index (χ3n) is 8.45. The Balaban J connectivity index is 1.62. The monoisotopic (exact) mass is 474 g/mol. The number of benzene rings is 1. The molecule has 7 atom stereocenters. The van der Waals surface area contributed by atoms with E-state index >= 15 is 0 Å². The Morgan fingerprint density at radius 2 is 1.85 bits per heavy atom. The summed E-state index contributed by atoms with van der Waals surface area (Å²) < 4.78 is 10.2. The van der Waals surface area contributed by atoms with Gasteiger partial charge in [0.2, 0.25) is 11.8 Å². The molecule has 190 valence electrons. The summed E-state index contributed by atoms with van der Waals surface area (Å²) in [6, 6.07) is 7.68. The topological polar surface area (TPSA) is 96.9 Å². The SMILES string of the molecule is COCCC(=O)N[C@H]1CC[C@@]2(C)CC[C@H]([C@H](C)C(=O)NCc3ccc(OC)cc3)[C@H](O)[C@H]2[C@H]1C. The van der Waals surface area contributed by atoms with Crippen LogP contribution >= 0.6 is 0 Å². The normalized spacial score (nSPS) is 31.8. The molecule has 0 heterocycles. The Hall–Kier alpha value is -2.12. The lowest BCUT2D eigenvalue weighted by molar-refractivity contribution is -0.144. The molecule has 7 heteroatoms. The second-order valence-corrected chi connectivity index (χ2v) is 10.5. The van der Waals surface area contributed by atoms with E-state index in [2.05, 4.69) is 24.5 Å². The van der Waals surface area contributed by atoms with Gasteiger partial charge in [0, 0.05) is 32.0 Å². The number of rotatable bonds is 9. The third kappa shape index (κ3) is 5.92. The van der Waals surface area contributed by atoms with Crippen LogP contribution in [-0.4, -0.2) is 49.9 Å². The second kappa shape index (κ2) is 11.5. The minimum atomic E-state index is -0.575. The Kier molecular flexibility index (Phi) is 8.99. The van der Waals surface area contributed by atoms with Crippen LogP contribution in [0.1, 0.15) is 58.4 Å². The minimum Gasteiger partial charge on any atom is -0.497 e. The van der Waals surface area contributed by atoms with Crippen molar-refractivity contribution in [3.63, 3.8) is 0 Å². The first-order valence-electron chi connectivity index (χ1n) is 12.6. The van der Waals surface area contributed by atoms with Crippen molar-refractivity contribution in [2.75, 3.05) is 20.8 Å². The number of carbonyl (C=O) groups is 2. The average Bonchev–Trinajstić information content (AvgIpc) is 2.83. The number of amides is 2. The van der Waals surface area contributed by atoms with Gasteiger partial charge in [-0.3, -0.25) is 9.59 Å². The van der Waals surface area contributed by atoms with Crippen LogP contribution in [0, 0.1) is 29.1 Å². The van der Waals surface area contributed by atoms with Crippen molar-refractivity contribution in [2.24, 2.45) is 29.1 Å². The third-order valence-corrected chi connectivity index (χ3v) is 8.45. The van der Waals surface area contributed by atoms with E-state index in [-0.39, 0.29) is 46.9 Å². The van der Waals surface area contributed by atoms with E-state index in [1.807, 2.05) is 31.2 Å². The van der Waals surface area contributed by atoms with Gasteiger partial charge in [-0.05, 0) is 66.5 Å². The second-order valence-electron chi connectivity index (χ2n) is 10.5. The predicted molar refractivity (Wildman–Crippen MR) is 131 cm³/mol. The highest BCUT2D eigenvalue weighted by molar-refractivity contribution is 5.78. The highest BCUT2D eigenvalue weighted by atomic mass is 16.5. The molecule has 0 saturated heterocycles. The lowest BCUT2D eigenvalue weighted by atomic mass is 9.51. The standard InChI is InChI=1S/C27H42N2O5/c1-17(26(32)28-16-19-6-8-20(34-5)9-7-19)21-10-13-27(3)14-11-22(18(2)24(27)25(21)31)29-23(30)12-15-33-4/h6-9,17-18,21-22,24-25,31H,10-16H2,1-5H3,(H,28,32)(H,29,30)/t17-,18-,21+,22-,24+,25-,27+/m0/s1. The summed E-state index contributed by atoms with van der Waals surface area (Å²) in [6.07, 6.45) is 3.49. The molecule has 0 bridgehead atoms. The van der Waals surface area contributed by atoms with Crippen LogP contribution in [0.3, 0.4) is 0 Å². The molecular formula is C27H42N2O5. The molecule has 0 radical (unpaired) electrons. The van der Waals surface area contributed by atoms with Crippen molar-refractivity contribution in [1.29, 1.82) is 0 Å². The first kappa shape index (κ1) is 26.5. The van der Waals surface area contributed by atoms with Gasteiger partial charge in [-0.1, -0.05) is 32.9 Å². The number of methoxy groups -OCH3 is 2. The van der Waals surface area contributed by atoms with Crippen molar-refractivity contribution in [1.82, 2.24) is 10.6 Å². The largest absolute Gasteiger partial charge is 0.497 e. The molecule has 2 aliphatic carbocycles. The molecule has 1 aromatic carbocycles. The Morgan fingerprint density at radius 1 is 1.18 bits per heavy atom. The van der Waals surface area contributed by atoms with Gasteiger partial charge in [-0.15, -0.1) is 0 Å². The van der Waals surface area contributed by atoms with Crippen LogP contribution in [0.2, 0.25) is 0 Å². The number of hydrogen-bond acceptors (Lipinski definition) is 5. The molecule has 0 aliphatic heterocycles. The quantitative estimate of drug-likeness (QED) is 0.510. The van der Waals surface area contributed by atoms with E-state index in [1.54, 1.807) is 14.2 Å². The zero-order chi connectivity index (χ0) is 24.9. The summed E-state index contributed by atoms with van der Waals surface area (Å²) in [5.41, 5.74) is 1.04. The molecule has 2 amide bonds. The molecule has 1 aromatic rings. The summed E-state index contributed by atoms with van der Waals surface area (Å²) in [7, 11) is 3.22. The maximum atomic E-state index is 13.0. The lowest BCUT2D eigenvalue weighted by Gasteiger charge is -2.56. The van der Waals surface area contributed by atoms with Crippen LogP contribution in [0.4, 0.5) is 0 Å². The summed E-state index contributed by atoms with van der Waals surface area (Å²) in [5, 5.41) is 17.7. The number of aliphatic hydroxyl groups excluding tert-OH is 1. The van der Waals surface area contributed by atoms with Crippen molar-refractivity contribution in [3.8, 4) is 5.75 Å². The molecule has 2 fully saturated rings. The number of fused-ring (bicyclic) bond motifs is 1. The summed E-state index contributed by atoms with van der Waals surface area (Å²) >= 11 is 0. The molecule has 2 saturated carbocycles. The van der Waals surface area contributed by atoms with Crippen LogP contribution in [0.5, 0.6) is 5.75 Å². The van der Waals surface area contributed by atoms with Gasteiger partial charge >= 0.3 is 0 Å². The van der Waals surface area contributed by atoms with E-state index in [0.29, 0.717) is 19.6 Å². The van der Waals surface area contributed by atoms with Gasteiger partial charge in [0.05, 0.1) is 19.8 Å². The molecule has 0 unspecified atom stereocenters.